The third-order valence-electron chi connectivity index (χ3n) is 5.28. The van der Waals surface area contributed by atoms with Crippen molar-refractivity contribution in [2.75, 3.05) is 6.54 Å². The summed E-state index contributed by atoms with van der Waals surface area (Å²) < 4.78 is 6.16. The van der Waals surface area contributed by atoms with Crippen molar-refractivity contribution in [2.45, 2.75) is 39.0 Å². The molecule has 0 aliphatic heterocycles. The first-order valence-electron chi connectivity index (χ1n) is 11.4. The minimum absolute atomic E-state index is 0.149. The van der Waals surface area contributed by atoms with Gasteiger partial charge in [-0.05, 0) is 74.4 Å². The summed E-state index contributed by atoms with van der Waals surface area (Å²) >= 11 is 0. The van der Waals surface area contributed by atoms with E-state index in [0.29, 0.717) is 12.4 Å². The van der Waals surface area contributed by atoms with Gasteiger partial charge in [-0.25, -0.2) is 9.97 Å². The Morgan fingerprint density at radius 1 is 0.970 bits per heavy atom. The molecule has 1 amide bonds. The second-order valence-corrected chi connectivity index (χ2v) is 7.73. The normalized spacial score (nSPS) is 10.8. The van der Waals surface area contributed by atoms with E-state index in [2.05, 4.69) is 58.3 Å². The maximum Gasteiger partial charge on any atom is 0.243 e. The maximum absolute atomic E-state index is 11.3. The van der Waals surface area contributed by atoms with Crippen molar-refractivity contribution in [3.8, 4) is 11.6 Å². The molecule has 33 heavy (non-hydrogen) atoms. The van der Waals surface area contributed by atoms with E-state index in [1.165, 1.54) is 23.5 Å². The molecule has 0 fully saturated rings. The fraction of sp³-hybridized carbons (Fsp3) is 0.250. The number of nitrogens with one attached hydrogen (secondary N) is 1. The molecule has 3 aromatic rings. The Bertz CT molecular complexity index is 1060. The number of carbonyl (C=O) groups excluding carboxylic acids is 1. The van der Waals surface area contributed by atoms with E-state index < -0.39 is 0 Å². The number of carbonyl (C=O) groups is 1. The fourth-order valence-corrected chi connectivity index (χ4v) is 3.51. The molecule has 0 aliphatic rings. The van der Waals surface area contributed by atoms with Gasteiger partial charge in [0.25, 0.3) is 0 Å². The van der Waals surface area contributed by atoms with Crippen LogP contribution in [0.15, 0.2) is 79.7 Å². The molecule has 0 bridgehead atoms. The standard InChI is InChI=1S/C28H31N3O2/c1-3-10-26-25(13-8-9-20-29-27(32)4-2)28(31-21-30-26)33-24-18-16-23(17-19-24)15-14-22-11-6-5-7-12-22/h3-7,10-12,16-19,21H,2,8-9,13-15,20H2,1H3,(H,29,32)/b10-3-. The van der Waals surface area contributed by atoms with E-state index in [9.17, 15) is 4.79 Å². The summed E-state index contributed by atoms with van der Waals surface area (Å²) in [6, 6.07) is 18.7. The predicted octanol–water partition coefficient (Wildman–Crippen LogP) is 5.71. The van der Waals surface area contributed by atoms with Crippen molar-refractivity contribution < 1.29 is 9.53 Å². The molecule has 0 radical (unpaired) electrons. The minimum atomic E-state index is -0.149. The quantitative estimate of drug-likeness (QED) is 0.289. The van der Waals surface area contributed by atoms with E-state index >= 15 is 0 Å². The van der Waals surface area contributed by atoms with Gasteiger partial charge in [-0.3, -0.25) is 4.79 Å². The highest BCUT2D eigenvalue weighted by molar-refractivity contribution is 5.86. The molecule has 170 valence electrons. The number of hydrogen-bond donors (Lipinski definition) is 1. The Balaban J connectivity index is 1.63. The average Bonchev–Trinajstić information content (AvgIpc) is 2.85. The third-order valence-corrected chi connectivity index (χ3v) is 5.28. The molecular weight excluding hydrogens is 410 g/mol. The molecule has 1 N–H and O–H groups in total. The van der Waals surface area contributed by atoms with Gasteiger partial charge in [0.05, 0.1) is 5.69 Å². The van der Waals surface area contributed by atoms with Crippen LogP contribution in [0.4, 0.5) is 0 Å². The molecule has 2 aromatic carbocycles. The molecule has 1 aromatic heterocycles. The highest BCUT2D eigenvalue weighted by atomic mass is 16.5. The number of ether oxygens (including phenoxy) is 1. The number of aryl methyl sites for hydroxylation is 2. The Labute approximate surface area is 196 Å². The summed E-state index contributed by atoms with van der Waals surface area (Å²) in [6.07, 6.45) is 11.2. The highest BCUT2D eigenvalue weighted by Gasteiger charge is 2.12. The Kier molecular flexibility index (Phi) is 9.40. The molecule has 5 nitrogen and oxygen atoms in total. The molecule has 0 unspecified atom stereocenters. The van der Waals surface area contributed by atoms with Crippen molar-refractivity contribution >= 4 is 12.0 Å². The van der Waals surface area contributed by atoms with Crippen LogP contribution >= 0.6 is 0 Å². The first-order chi connectivity index (χ1) is 16.2. The summed E-state index contributed by atoms with van der Waals surface area (Å²) in [4.78, 5) is 20.1. The maximum atomic E-state index is 11.3. The van der Waals surface area contributed by atoms with Gasteiger partial charge in [-0.1, -0.05) is 55.1 Å². The van der Waals surface area contributed by atoms with Gasteiger partial charge in [-0.15, -0.1) is 0 Å². The van der Waals surface area contributed by atoms with E-state index in [1.807, 2.05) is 37.3 Å². The van der Waals surface area contributed by atoms with Gasteiger partial charge >= 0.3 is 0 Å². The summed E-state index contributed by atoms with van der Waals surface area (Å²) in [5.41, 5.74) is 4.44. The lowest BCUT2D eigenvalue weighted by Gasteiger charge is -2.13. The van der Waals surface area contributed by atoms with Crippen LogP contribution < -0.4 is 10.1 Å². The van der Waals surface area contributed by atoms with E-state index in [4.69, 9.17) is 4.74 Å². The van der Waals surface area contributed by atoms with E-state index in [0.717, 1.165) is 49.1 Å². The zero-order valence-electron chi connectivity index (χ0n) is 19.2. The number of hydrogen-bond acceptors (Lipinski definition) is 4. The molecule has 3 rings (SSSR count). The van der Waals surface area contributed by atoms with Crippen LogP contribution in [0.2, 0.25) is 0 Å². The smallest absolute Gasteiger partial charge is 0.243 e. The van der Waals surface area contributed by atoms with Gasteiger partial charge < -0.3 is 10.1 Å². The fourth-order valence-electron chi connectivity index (χ4n) is 3.51. The van der Waals surface area contributed by atoms with Crippen LogP contribution in [-0.2, 0) is 24.1 Å². The summed E-state index contributed by atoms with van der Waals surface area (Å²) in [7, 11) is 0. The van der Waals surface area contributed by atoms with Crippen LogP contribution in [-0.4, -0.2) is 22.4 Å². The van der Waals surface area contributed by atoms with Crippen LogP contribution in [0.1, 0.15) is 42.1 Å². The van der Waals surface area contributed by atoms with Crippen LogP contribution in [0.25, 0.3) is 6.08 Å². The van der Waals surface area contributed by atoms with Crippen LogP contribution in [0.3, 0.4) is 0 Å². The number of aromatic nitrogens is 2. The second-order valence-electron chi connectivity index (χ2n) is 7.73. The molecule has 0 atom stereocenters. The second kappa shape index (κ2) is 13.0. The first-order valence-corrected chi connectivity index (χ1v) is 11.4. The topological polar surface area (TPSA) is 64.1 Å². The van der Waals surface area contributed by atoms with Crippen LogP contribution in [0.5, 0.6) is 11.6 Å². The Hall–Kier alpha value is -3.73. The van der Waals surface area contributed by atoms with Gasteiger partial charge in [0.1, 0.15) is 12.1 Å². The van der Waals surface area contributed by atoms with Crippen molar-refractivity contribution in [1.29, 1.82) is 0 Å². The third kappa shape index (κ3) is 7.72. The lowest BCUT2D eigenvalue weighted by molar-refractivity contribution is -0.116. The van der Waals surface area contributed by atoms with Gasteiger partial charge in [0.2, 0.25) is 11.8 Å². The molecule has 0 saturated carbocycles. The van der Waals surface area contributed by atoms with Crippen molar-refractivity contribution in [3.63, 3.8) is 0 Å². The highest BCUT2D eigenvalue weighted by Crippen LogP contribution is 2.27. The van der Waals surface area contributed by atoms with E-state index in [1.54, 1.807) is 0 Å². The van der Waals surface area contributed by atoms with Gasteiger partial charge in [-0.2, -0.15) is 0 Å². The minimum Gasteiger partial charge on any atom is -0.439 e. The number of amides is 1. The van der Waals surface area contributed by atoms with Crippen molar-refractivity contribution in [1.82, 2.24) is 15.3 Å². The molecule has 0 saturated heterocycles. The number of rotatable bonds is 12. The Morgan fingerprint density at radius 2 is 1.70 bits per heavy atom. The largest absolute Gasteiger partial charge is 0.439 e. The average molecular weight is 442 g/mol. The zero-order chi connectivity index (χ0) is 23.3. The first kappa shape index (κ1) is 23.9. The van der Waals surface area contributed by atoms with Crippen molar-refractivity contribution in [2.24, 2.45) is 0 Å². The predicted molar refractivity (Wildman–Crippen MR) is 133 cm³/mol. The number of unbranched alkanes of at least 4 members (excludes halogenated alkanes) is 1. The summed E-state index contributed by atoms with van der Waals surface area (Å²) in [5, 5.41) is 2.81. The monoisotopic (exact) mass is 441 g/mol. The van der Waals surface area contributed by atoms with E-state index in [-0.39, 0.29) is 5.91 Å². The summed E-state index contributed by atoms with van der Waals surface area (Å²) in [5.74, 6) is 1.18. The SMILES string of the molecule is C=CC(=O)NCCCCc1c(/C=C\C)ncnc1Oc1ccc(CCc2ccccc2)cc1. The lowest BCUT2D eigenvalue weighted by Crippen LogP contribution is -2.21. The number of benzene rings is 2. The number of allylic oxidation sites excluding steroid dienone is 1. The van der Waals surface area contributed by atoms with Gasteiger partial charge in [0.15, 0.2) is 0 Å². The molecule has 5 heteroatoms. The molecular formula is C28H31N3O2. The molecule has 0 spiro atoms. The Morgan fingerprint density at radius 3 is 2.39 bits per heavy atom. The lowest BCUT2D eigenvalue weighted by atomic mass is 10.0. The zero-order valence-corrected chi connectivity index (χ0v) is 19.2. The molecule has 0 aliphatic carbocycles. The summed E-state index contributed by atoms with van der Waals surface area (Å²) in [6.45, 7) is 6.04. The number of nitrogens with zero attached hydrogens (tertiary/aromatic N) is 2. The van der Waals surface area contributed by atoms with Crippen molar-refractivity contribution in [3.05, 3.63) is 102 Å². The molecule has 1 heterocycles. The van der Waals surface area contributed by atoms with Gasteiger partial charge in [0, 0.05) is 12.1 Å². The van der Waals surface area contributed by atoms with Crippen LogP contribution in [0, 0.1) is 0 Å².